The molecule has 0 spiro atoms. The van der Waals surface area contributed by atoms with Crippen LogP contribution in [0.3, 0.4) is 0 Å². The summed E-state index contributed by atoms with van der Waals surface area (Å²) in [7, 11) is 0. The van der Waals surface area contributed by atoms with Crippen LogP contribution in [0.5, 0.6) is 0 Å². The van der Waals surface area contributed by atoms with E-state index in [1.54, 1.807) is 6.07 Å². The third-order valence-electron chi connectivity index (χ3n) is 4.14. The molecule has 106 valence electrons. The van der Waals surface area contributed by atoms with E-state index in [9.17, 15) is 4.79 Å². The fraction of sp³-hybridized carbons (Fsp3) is 0.438. The van der Waals surface area contributed by atoms with Crippen molar-refractivity contribution in [1.29, 1.82) is 0 Å². The molecule has 3 rings (SSSR count). The van der Waals surface area contributed by atoms with E-state index >= 15 is 0 Å². The maximum absolute atomic E-state index is 11.2. The predicted molar refractivity (Wildman–Crippen MR) is 79.1 cm³/mol. The Morgan fingerprint density at radius 3 is 2.70 bits per heavy atom. The maximum atomic E-state index is 11.2. The molecule has 1 aromatic carbocycles. The van der Waals surface area contributed by atoms with E-state index in [4.69, 9.17) is 5.11 Å². The first-order chi connectivity index (χ1) is 9.69. The predicted octanol–water partition coefficient (Wildman–Crippen LogP) is 2.96. The van der Waals surface area contributed by atoms with E-state index in [-0.39, 0.29) is 0 Å². The molecule has 4 heteroatoms. The smallest absolute Gasteiger partial charge is 0.335 e. The molecular formula is C16H20N2O2. The Labute approximate surface area is 118 Å². The van der Waals surface area contributed by atoms with Crippen LogP contribution in [0.15, 0.2) is 24.4 Å². The van der Waals surface area contributed by atoms with Gasteiger partial charge in [0.15, 0.2) is 0 Å². The van der Waals surface area contributed by atoms with Gasteiger partial charge in [-0.2, -0.15) is 0 Å². The van der Waals surface area contributed by atoms with E-state index in [0.717, 1.165) is 37.1 Å². The van der Waals surface area contributed by atoms with E-state index < -0.39 is 5.97 Å². The quantitative estimate of drug-likeness (QED) is 0.930. The van der Waals surface area contributed by atoms with Crippen molar-refractivity contribution in [3.05, 3.63) is 35.5 Å². The molecule has 2 aromatic rings. The van der Waals surface area contributed by atoms with Gasteiger partial charge in [-0.05, 0) is 56.6 Å². The normalized spacial score (nSPS) is 16.1. The molecule has 1 aliphatic rings. The molecule has 20 heavy (non-hydrogen) atoms. The third-order valence-corrected chi connectivity index (χ3v) is 4.14. The molecule has 0 saturated carbocycles. The molecule has 0 bridgehead atoms. The molecule has 0 amide bonds. The molecule has 0 aliphatic carbocycles. The van der Waals surface area contributed by atoms with Crippen LogP contribution in [0.25, 0.3) is 10.9 Å². The number of aryl methyl sites for hydroxylation is 1. The second kappa shape index (κ2) is 5.29. The Morgan fingerprint density at radius 1 is 1.30 bits per heavy atom. The minimum atomic E-state index is -0.858. The third kappa shape index (κ3) is 2.31. The monoisotopic (exact) mass is 272 g/mol. The van der Waals surface area contributed by atoms with Gasteiger partial charge in [0.25, 0.3) is 0 Å². The van der Waals surface area contributed by atoms with Crippen molar-refractivity contribution >= 4 is 16.9 Å². The number of hydrogen-bond acceptors (Lipinski definition) is 2. The number of likely N-dealkylation sites (tertiary alicyclic amines) is 1. The summed E-state index contributed by atoms with van der Waals surface area (Å²) in [6.45, 7) is 6.24. The largest absolute Gasteiger partial charge is 0.478 e. The Balaban J connectivity index is 2.04. The Bertz CT molecular complexity index is 639. The van der Waals surface area contributed by atoms with Crippen LogP contribution in [0.2, 0.25) is 0 Å². The summed E-state index contributed by atoms with van der Waals surface area (Å²) in [6, 6.07) is 5.43. The summed E-state index contributed by atoms with van der Waals surface area (Å²) in [5, 5.41) is 10.2. The lowest BCUT2D eigenvalue weighted by atomic mass is 10.1. The van der Waals surface area contributed by atoms with E-state index in [2.05, 4.69) is 22.6 Å². The summed E-state index contributed by atoms with van der Waals surface area (Å²) < 4.78 is 2.20. The van der Waals surface area contributed by atoms with Crippen molar-refractivity contribution in [2.75, 3.05) is 13.1 Å². The van der Waals surface area contributed by atoms with Crippen LogP contribution >= 0.6 is 0 Å². The van der Waals surface area contributed by atoms with Crippen molar-refractivity contribution in [2.24, 2.45) is 0 Å². The van der Waals surface area contributed by atoms with Gasteiger partial charge in [0.1, 0.15) is 0 Å². The molecule has 0 atom stereocenters. The number of carboxylic acids is 1. The van der Waals surface area contributed by atoms with Gasteiger partial charge in [-0.25, -0.2) is 4.79 Å². The zero-order valence-electron chi connectivity index (χ0n) is 11.8. The summed E-state index contributed by atoms with van der Waals surface area (Å²) in [6.07, 6.45) is 4.72. The highest BCUT2D eigenvalue weighted by Gasteiger charge is 2.16. The molecule has 1 saturated heterocycles. The molecule has 0 radical (unpaired) electrons. The number of carbonyl (C=O) groups is 1. The number of fused-ring (bicyclic) bond motifs is 1. The molecule has 4 nitrogen and oxygen atoms in total. The molecular weight excluding hydrogens is 252 g/mol. The Hall–Kier alpha value is -1.81. The highest BCUT2D eigenvalue weighted by Crippen LogP contribution is 2.25. The fourth-order valence-corrected chi connectivity index (χ4v) is 3.07. The van der Waals surface area contributed by atoms with Gasteiger partial charge in [-0.15, -0.1) is 0 Å². The number of nitrogens with zero attached hydrogens (tertiary/aromatic N) is 2. The number of aromatic nitrogens is 1. The molecule has 1 aromatic heterocycles. The minimum Gasteiger partial charge on any atom is -0.478 e. The van der Waals surface area contributed by atoms with Crippen LogP contribution in [-0.4, -0.2) is 33.6 Å². The van der Waals surface area contributed by atoms with E-state index in [0.29, 0.717) is 5.56 Å². The average molecular weight is 272 g/mol. The molecule has 1 aliphatic heterocycles. The SMILES string of the molecule is CCn1cc(CN2CCCC2)c2cc(C(=O)O)ccc21. The van der Waals surface area contributed by atoms with Crippen LogP contribution in [0.1, 0.15) is 35.7 Å². The molecule has 2 heterocycles. The van der Waals surface area contributed by atoms with Gasteiger partial charge >= 0.3 is 5.97 Å². The zero-order valence-corrected chi connectivity index (χ0v) is 11.8. The van der Waals surface area contributed by atoms with Crippen LogP contribution in [0, 0.1) is 0 Å². The second-order valence-electron chi connectivity index (χ2n) is 5.46. The first-order valence-corrected chi connectivity index (χ1v) is 7.26. The lowest BCUT2D eigenvalue weighted by Gasteiger charge is -2.13. The van der Waals surface area contributed by atoms with Gasteiger partial charge in [0, 0.05) is 30.2 Å². The van der Waals surface area contributed by atoms with E-state index in [1.165, 1.54) is 18.4 Å². The topological polar surface area (TPSA) is 45.5 Å². The summed E-state index contributed by atoms with van der Waals surface area (Å²) in [5.74, 6) is -0.858. The van der Waals surface area contributed by atoms with Crippen molar-refractivity contribution in [3.8, 4) is 0 Å². The molecule has 1 N–H and O–H groups in total. The number of benzene rings is 1. The van der Waals surface area contributed by atoms with Crippen LogP contribution < -0.4 is 0 Å². The van der Waals surface area contributed by atoms with E-state index in [1.807, 2.05) is 12.1 Å². The summed E-state index contributed by atoms with van der Waals surface area (Å²) in [4.78, 5) is 13.6. The van der Waals surface area contributed by atoms with Crippen molar-refractivity contribution in [3.63, 3.8) is 0 Å². The van der Waals surface area contributed by atoms with Gasteiger partial charge in [-0.3, -0.25) is 4.90 Å². The molecule has 1 fully saturated rings. The first-order valence-electron chi connectivity index (χ1n) is 7.26. The highest BCUT2D eigenvalue weighted by molar-refractivity contribution is 5.95. The number of rotatable bonds is 4. The summed E-state index contributed by atoms with van der Waals surface area (Å²) >= 11 is 0. The lowest BCUT2D eigenvalue weighted by molar-refractivity contribution is 0.0697. The van der Waals surface area contributed by atoms with Gasteiger partial charge in [0.05, 0.1) is 5.56 Å². The minimum absolute atomic E-state index is 0.369. The van der Waals surface area contributed by atoms with Crippen LogP contribution in [-0.2, 0) is 13.1 Å². The number of aromatic carboxylic acids is 1. The lowest BCUT2D eigenvalue weighted by Crippen LogP contribution is -2.18. The molecule has 0 unspecified atom stereocenters. The van der Waals surface area contributed by atoms with Gasteiger partial charge in [0.2, 0.25) is 0 Å². The van der Waals surface area contributed by atoms with Crippen molar-refractivity contribution in [2.45, 2.75) is 32.9 Å². The standard InChI is InChI=1S/C16H20N2O2/c1-2-18-11-13(10-17-7-3-4-8-17)14-9-12(16(19)20)5-6-15(14)18/h5-6,9,11H,2-4,7-8,10H2,1H3,(H,19,20). The number of carboxylic acid groups (broad SMARTS) is 1. The average Bonchev–Trinajstić information content (AvgIpc) is 3.07. The van der Waals surface area contributed by atoms with Crippen LogP contribution in [0.4, 0.5) is 0 Å². The maximum Gasteiger partial charge on any atom is 0.335 e. The number of hydrogen-bond donors (Lipinski definition) is 1. The van der Waals surface area contributed by atoms with Crippen molar-refractivity contribution < 1.29 is 9.90 Å². The fourth-order valence-electron chi connectivity index (χ4n) is 3.07. The van der Waals surface area contributed by atoms with Gasteiger partial charge < -0.3 is 9.67 Å². The van der Waals surface area contributed by atoms with Crippen molar-refractivity contribution in [1.82, 2.24) is 9.47 Å². The second-order valence-corrected chi connectivity index (χ2v) is 5.46. The summed E-state index contributed by atoms with van der Waals surface area (Å²) in [5.41, 5.74) is 2.74. The Morgan fingerprint density at radius 2 is 2.05 bits per heavy atom. The highest BCUT2D eigenvalue weighted by atomic mass is 16.4. The van der Waals surface area contributed by atoms with Gasteiger partial charge in [-0.1, -0.05) is 0 Å². The Kier molecular flexibility index (Phi) is 3.49. The first kappa shape index (κ1) is 13.2. The zero-order chi connectivity index (χ0) is 14.1.